The van der Waals surface area contributed by atoms with E-state index in [4.69, 9.17) is 0 Å². The van der Waals surface area contributed by atoms with Crippen LogP contribution in [0.5, 0.6) is 0 Å². The van der Waals surface area contributed by atoms with Crippen molar-refractivity contribution in [3.63, 3.8) is 0 Å². The van der Waals surface area contributed by atoms with Gasteiger partial charge >= 0.3 is 10.2 Å². The first-order chi connectivity index (χ1) is 9.85. The molecule has 118 valence electrons. The Kier molecular flexibility index (Phi) is 5.29. The summed E-state index contributed by atoms with van der Waals surface area (Å²) >= 11 is 3.41. The molecule has 0 bridgehead atoms. The molecule has 0 spiro atoms. The molecule has 21 heavy (non-hydrogen) atoms. The highest BCUT2D eigenvalue weighted by atomic mass is 79.9. The van der Waals surface area contributed by atoms with Crippen LogP contribution in [0.2, 0.25) is 0 Å². The average molecular weight is 377 g/mol. The number of aryl methyl sites for hydroxylation is 2. The van der Waals surface area contributed by atoms with E-state index in [9.17, 15) is 13.5 Å². The lowest BCUT2D eigenvalue weighted by molar-refractivity contribution is 0.156. The van der Waals surface area contributed by atoms with Crippen molar-refractivity contribution in [2.45, 2.75) is 39.2 Å². The lowest BCUT2D eigenvalue weighted by atomic mass is 10.1. The van der Waals surface area contributed by atoms with E-state index < -0.39 is 10.2 Å². The Balaban J connectivity index is 2.29. The maximum absolute atomic E-state index is 12.6. The molecule has 1 aliphatic heterocycles. The minimum atomic E-state index is -3.66. The number of anilines is 1. The molecule has 2 N–H and O–H groups in total. The molecule has 2 rings (SSSR count). The normalized spacial score (nSPS) is 20.5. The molecule has 0 saturated carbocycles. The SMILES string of the molecule is Cc1cc(C)c(NS(=O)(=O)N2CCCCC2CO)c(Br)c1. The van der Waals surface area contributed by atoms with Crippen LogP contribution in [0.15, 0.2) is 16.6 Å². The zero-order chi connectivity index (χ0) is 15.6. The summed E-state index contributed by atoms with van der Waals surface area (Å²) in [6.07, 6.45) is 2.47. The number of hydrogen-bond donors (Lipinski definition) is 2. The van der Waals surface area contributed by atoms with Gasteiger partial charge in [0, 0.05) is 17.1 Å². The summed E-state index contributed by atoms with van der Waals surface area (Å²) in [5.74, 6) is 0. The number of rotatable bonds is 4. The monoisotopic (exact) mass is 376 g/mol. The Morgan fingerprint density at radius 1 is 1.38 bits per heavy atom. The van der Waals surface area contributed by atoms with Gasteiger partial charge in [-0.05, 0) is 59.8 Å². The Labute approximate surface area is 134 Å². The first kappa shape index (κ1) is 16.7. The van der Waals surface area contributed by atoms with Crippen molar-refractivity contribution in [1.82, 2.24) is 4.31 Å². The second-order valence-electron chi connectivity index (χ2n) is 5.49. The first-order valence-electron chi connectivity index (χ1n) is 7.02. The van der Waals surface area contributed by atoms with Crippen LogP contribution in [-0.4, -0.2) is 37.0 Å². The van der Waals surface area contributed by atoms with Gasteiger partial charge in [-0.15, -0.1) is 0 Å². The van der Waals surface area contributed by atoms with E-state index in [1.165, 1.54) is 4.31 Å². The minimum Gasteiger partial charge on any atom is -0.395 e. The topological polar surface area (TPSA) is 69.6 Å². The van der Waals surface area contributed by atoms with E-state index in [-0.39, 0.29) is 12.6 Å². The molecule has 0 amide bonds. The zero-order valence-electron chi connectivity index (χ0n) is 12.3. The van der Waals surface area contributed by atoms with E-state index in [1.807, 2.05) is 26.0 Å². The van der Waals surface area contributed by atoms with Crippen molar-refractivity contribution in [3.05, 3.63) is 27.7 Å². The molecule has 0 aromatic heterocycles. The third-order valence-electron chi connectivity index (χ3n) is 3.76. The Morgan fingerprint density at radius 3 is 2.71 bits per heavy atom. The smallest absolute Gasteiger partial charge is 0.302 e. The van der Waals surface area contributed by atoms with Crippen LogP contribution in [0.4, 0.5) is 5.69 Å². The van der Waals surface area contributed by atoms with Gasteiger partial charge in [-0.1, -0.05) is 12.5 Å². The highest BCUT2D eigenvalue weighted by Gasteiger charge is 2.32. The first-order valence-corrected chi connectivity index (χ1v) is 9.25. The standard InChI is InChI=1S/C14H21BrN2O3S/c1-10-7-11(2)14(13(15)8-10)16-21(19,20)17-6-4-3-5-12(17)9-18/h7-8,12,16,18H,3-6,9H2,1-2H3. The van der Waals surface area contributed by atoms with Gasteiger partial charge < -0.3 is 5.11 Å². The molecule has 1 aliphatic rings. The van der Waals surface area contributed by atoms with E-state index in [0.717, 1.165) is 28.4 Å². The van der Waals surface area contributed by atoms with Crippen LogP contribution in [0, 0.1) is 13.8 Å². The average Bonchev–Trinajstić information content (AvgIpc) is 2.43. The quantitative estimate of drug-likeness (QED) is 0.848. The third-order valence-corrected chi connectivity index (χ3v) is 5.94. The fourth-order valence-electron chi connectivity index (χ4n) is 2.71. The van der Waals surface area contributed by atoms with Crippen LogP contribution >= 0.6 is 15.9 Å². The van der Waals surface area contributed by atoms with Gasteiger partial charge in [0.25, 0.3) is 0 Å². The van der Waals surface area contributed by atoms with Crippen LogP contribution in [0.1, 0.15) is 30.4 Å². The number of hydrogen-bond acceptors (Lipinski definition) is 3. The summed E-state index contributed by atoms with van der Waals surface area (Å²) in [6, 6.07) is 3.48. The van der Waals surface area contributed by atoms with Gasteiger partial charge in [-0.25, -0.2) is 0 Å². The largest absolute Gasteiger partial charge is 0.395 e. The van der Waals surface area contributed by atoms with Crippen molar-refractivity contribution >= 4 is 31.8 Å². The molecule has 7 heteroatoms. The molecule has 5 nitrogen and oxygen atoms in total. The van der Waals surface area contributed by atoms with Gasteiger partial charge in [0.2, 0.25) is 0 Å². The Bertz CT molecular complexity index is 596. The van der Waals surface area contributed by atoms with Gasteiger partial charge in [-0.2, -0.15) is 12.7 Å². The second-order valence-corrected chi connectivity index (χ2v) is 7.97. The van der Waals surface area contributed by atoms with Crippen molar-refractivity contribution in [2.24, 2.45) is 0 Å². The molecule has 1 saturated heterocycles. The highest BCUT2D eigenvalue weighted by Crippen LogP contribution is 2.30. The molecule has 0 radical (unpaired) electrons. The zero-order valence-corrected chi connectivity index (χ0v) is 14.7. The van der Waals surface area contributed by atoms with Crippen molar-refractivity contribution < 1.29 is 13.5 Å². The molecule has 1 atom stereocenters. The molecule has 0 aliphatic carbocycles. The summed E-state index contributed by atoms with van der Waals surface area (Å²) in [4.78, 5) is 0. The van der Waals surface area contributed by atoms with Crippen LogP contribution in [-0.2, 0) is 10.2 Å². The summed E-state index contributed by atoms with van der Waals surface area (Å²) < 4.78 is 29.9. The maximum atomic E-state index is 12.6. The number of benzene rings is 1. The molecule has 1 aromatic rings. The number of nitrogens with one attached hydrogen (secondary N) is 1. The highest BCUT2D eigenvalue weighted by molar-refractivity contribution is 9.10. The van der Waals surface area contributed by atoms with Crippen LogP contribution < -0.4 is 4.72 Å². The predicted octanol–water partition coefficient (Wildman–Crippen LogP) is 2.57. The number of nitrogens with zero attached hydrogens (tertiary/aromatic N) is 1. The number of halogens is 1. The summed E-state index contributed by atoms with van der Waals surface area (Å²) in [6.45, 7) is 4.13. The minimum absolute atomic E-state index is 0.144. The lowest BCUT2D eigenvalue weighted by Gasteiger charge is -2.33. The fourth-order valence-corrected chi connectivity index (χ4v) is 5.19. The second kappa shape index (κ2) is 6.64. The van der Waals surface area contributed by atoms with Crippen LogP contribution in [0.25, 0.3) is 0 Å². The van der Waals surface area contributed by atoms with E-state index in [1.54, 1.807) is 0 Å². The Hall–Kier alpha value is -0.630. The Morgan fingerprint density at radius 2 is 2.10 bits per heavy atom. The van der Waals surface area contributed by atoms with Gasteiger partial charge in [-0.3, -0.25) is 4.72 Å². The number of piperidine rings is 1. The lowest BCUT2D eigenvalue weighted by Crippen LogP contribution is -2.48. The van der Waals surface area contributed by atoms with Gasteiger partial charge in [0.05, 0.1) is 12.3 Å². The summed E-state index contributed by atoms with van der Waals surface area (Å²) in [5.41, 5.74) is 2.49. The molecular weight excluding hydrogens is 356 g/mol. The molecule has 1 heterocycles. The van der Waals surface area contributed by atoms with Gasteiger partial charge in [0.15, 0.2) is 0 Å². The van der Waals surface area contributed by atoms with Crippen molar-refractivity contribution in [2.75, 3.05) is 17.9 Å². The number of aliphatic hydroxyl groups excluding tert-OH is 1. The maximum Gasteiger partial charge on any atom is 0.302 e. The van der Waals surface area contributed by atoms with E-state index in [0.29, 0.717) is 18.7 Å². The molecule has 1 fully saturated rings. The van der Waals surface area contributed by atoms with E-state index >= 15 is 0 Å². The summed E-state index contributed by atoms with van der Waals surface area (Å²) in [7, 11) is -3.66. The van der Waals surface area contributed by atoms with E-state index in [2.05, 4.69) is 20.7 Å². The fraction of sp³-hybridized carbons (Fsp3) is 0.571. The van der Waals surface area contributed by atoms with Gasteiger partial charge in [0.1, 0.15) is 0 Å². The third kappa shape index (κ3) is 3.77. The molecule has 1 aromatic carbocycles. The predicted molar refractivity (Wildman–Crippen MR) is 87.6 cm³/mol. The van der Waals surface area contributed by atoms with Crippen LogP contribution in [0.3, 0.4) is 0 Å². The molecular formula is C14H21BrN2O3S. The summed E-state index contributed by atoms with van der Waals surface area (Å²) in [5, 5.41) is 9.39. The molecule has 1 unspecified atom stereocenters. The van der Waals surface area contributed by atoms with Crippen molar-refractivity contribution in [1.29, 1.82) is 0 Å². The van der Waals surface area contributed by atoms with Crippen molar-refractivity contribution in [3.8, 4) is 0 Å². The number of aliphatic hydroxyl groups is 1.